The van der Waals surface area contributed by atoms with Crippen molar-refractivity contribution in [3.63, 3.8) is 0 Å². The first-order chi connectivity index (χ1) is 15.8. The van der Waals surface area contributed by atoms with Gasteiger partial charge in [0.1, 0.15) is 5.00 Å². The van der Waals surface area contributed by atoms with E-state index in [1.165, 1.54) is 11.3 Å². The summed E-state index contributed by atoms with van der Waals surface area (Å²) in [5, 5.41) is 12.5. The van der Waals surface area contributed by atoms with E-state index in [0.29, 0.717) is 21.9 Å². The number of rotatable bonds is 7. The second kappa shape index (κ2) is 10.3. The topological polar surface area (TPSA) is 58.8 Å². The van der Waals surface area contributed by atoms with Gasteiger partial charge in [-0.25, -0.2) is 0 Å². The van der Waals surface area contributed by atoms with Crippen molar-refractivity contribution in [1.82, 2.24) is 4.57 Å². The zero-order valence-corrected chi connectivity index (χ0v) is 18.2. The van der Waals surface area contributed by atoms with Gasteiger partial charge in [0.25, 0.3) is 5.91 Å². The summed E-state index contributed by atoms with van der Waals surface area (Å²) in [6, 6.07) is 28.9. The quantitative estimate of drug-likeness (QED) is 0.228. The first-order valence-corrected chi connectivity index (χ1v) is 11.0. The highest BCUT2D eigenvalue weighted by Crippen LogP contribution is 2.31. The highest BCUT2D eigenvalue weighted by molar-refractivity contribution is 7.14. The van der Waals surface area contributed by atoms with Crippen LogP contribution in [0.15, 0.2) is 114 Å². The fourth-order valence-electron chi connectivity index (χ4n) is 3.20. The molecule has 4 aromatic rings. The van der Waals surface area contributed by atoms with Crippen LogP contribution in [0, 0.1) is 0 Å². The van der Waals surface area contributed by atoms with Gasteiger partial charge in [0, 0.05) is 17.7 Å². The largest absolute Gasteiger partial charge is 0.312 e. The number of aromatic nitrogens is 1. The summed E-state index contributed by atoms with van der Waals surface area (Å²) >= 11 is 1.38. The number of nitrogens with one attached hydrogen (secondary N) is 1. The van der Waals surface area contributed by atoms with Crippen LogP contribution < -0.4 is 10.1 Å². The molecule has 0 aliphatic carbocycles. The maximum absolute atomic E-state index is 12.9. The summed E-state index contributed by atoms with van der Waals surface area (Å²) in [6.45, 7) is 4.42. The van der Waals surface area contributed by atoms with Gasteiger partial charge in [0.2, 0.25) is 4.80 Å². The van der Waals surface area contributed by atoms with Gasteiger partial charge in [-0.2, -0.15) is 5.10 Å². The predicted octanol–water partition coefficient (Wildman–Crippen LogP) is 5.59. The van der Waals surface area contributed by atoms with Crippen molar-refractivity contribution >= 4 is 28.5 Å². The summed E-state index contributed by atoms with van der Waals surface area (Å²) in [7, 11) is 0. The Labute approximate surface area is 190 Å². The van der Waals surface area contributed by atoms with E-state index in [9.17, 15) is 4.79 Å². The molecule has 1 N–H and O–H groups in total. The van der Waals surface area contributed by atoms with Crippen LogP contribution in [-0.4, -0.2) is 16.7 Å². The fraction of sp³-hybridized carbons (Fsp3) is 0.0385. The van der Waals surface area contributed by atoms with Crippen LogP contribution in [0.3, 0.4) is 0 Å². The molecule has 1 aromatic heterocycles. The first-order valence-electron chi connectivity index (χ1n) is 10.1. The molecule has 0 fully saturated rings. The van der Waals surface area contributed by atoms with Crippen LogP contribution in [-0.2, 0) is 6.54 Å². The van der Waals surface area contributed by atoms with Crippen molar-refractivity contribution in [2.45, 2.75) is 6.54 Å². The average molecular weight is 439 g/mol. The Hall–Kier alpha value is -4.03. The lowest BCUT2D eigenvalue weighted by atomic mass is 10.1. The third kappa shape index (κ3) is 4.99. The summed E-state index contributed by atoms with van der Waals surface area (Å²) < 4.78 is 2.01. The van der Waals surface area contributed by atoms with Crippen LogP contribution in [0.4, 0.5) is 5.00 Å². The van der Waals surface area contributed by atoms with Crippen molar-refractivity contribution in [3.8, 4) is 11.3 Å². The van der Waals surface area contributed by atoms with E-state index in [0.717, 1.165) is 16.8 Å². The molecule has 0 spiro atoms. The molecule has 6 heteroatoms. The smallest absolute Gasteiger partial charge is 0.256 e. The van der Waals surface area contributed by atoms with Gasteiger partial charge in [-0.05, 0) is 17.7 Å². The molecular formula is C26H22N4OS. The molecule has 158 valence electrons. The minimum Gasteiger partial charge on any atom is -0.312 e. The average Bonchev–Trinajstić information content (AvgIpc) is 3.17. The van der Waals surface area contributed by atoms with Gasteiger partial charge in [-0.1, -0.05) is 96.3 Å². The molecule has 0 saturated heterocycles. The van der Waals surface area contributed by atoms with Crippen LogP contribution in [0.2, 0.25) is 0 Å². The molecule has 0 aliphatic rings. The number of carbonyl (C=O) groups excluding carboxylic acids is 1. The molecule has 0 radical (unpaired) electrons. The SMILES string of the molecule is C=CCn1c(-c2ccccc2)c(NC(=O)c2ccccc2)s/c1=N/N=C/c1ccccc1. The Morgan fingerprint density at radius 2 is 1.56 bits per heavy atom. The second-order valence-corrected chi connectivity index (χ2v) is 7.88. The molecule has 0 atom stereocenters. The predicted molar refractivity (Wildman–Crippen MR) is 132 cm³/mol. The summed E-state index contributed by atoms with van der Waals surface area (Å²) in [5.41, 5.74) is 3.40. The number of allylic oxidation sites excluding steroid dienone is 1. The highest BCUT2D eigenvalue weighted by atomic mass is 32.1. The van der Waals surface area contributed by atoms with Gasteiger partial charge >= 0.3 is 0 Å². The van der Waals surface area contributed by atoms with Gasteiger partial charge < -0.3 is 9.88 Å². The van der Waals surface area contributed by atoms with E-state index in [1.54, 1.807) is 18.3 Å². The van der Waals surface area contributed by atoms with Gasteiger partial charge in [0.05, 0.1) is 11.9 Å². The van der Waals surface area contributed by atoms with Crippen LogP contribution in [0.25, 0.3) is 11.3 Å². The van der Waals surface area contributed by atoms with Crippen molar-refractivity contribution in [3.05, 3.63) is 120 Å². The standard InChI is InChI=1S/C26H22N4OS/c1-2-18-30-23(21-14-8-4-9-15-21)25(28-24(31)22-16-10-5-11-17-22)32-26(30)29-27-19-20-12-6-3-7-13-20/h2-17,19H,1,18H2,(H,28,31)/b27-19+,29-26+. The minimum atomic E-state index is -0.172. The summed E-state index contributed by atoms with van der Waals surface area (Å²) in [4.78, 5) is 13.5. The molecule has 1 heterocycles. The number of amides is 1. The monoisotopic (exact) mass is 438 g/mol. The molecule has 0 aliphatic heterocycles. The Kier molecular flexibility index (Phi) is 6.84. The van der Waals surface area contributed by atoms with Crippen molar-refractivity contribution in [2.24, 2.45) is 10.2 Å². The lowest BCUT2D eigenvalue weighted by Crippen LogP contribution is -2.15. The fourth-order valence-corrected chi connectivity index (χ4v) is 4.22. The van der Waals surface area contributed by atoms with Gasteiger partial charge in [0.15, 0.2) is 0 Å². The molecule has 32 heavy (non-hydrogen) atoms. The number of carbonyl (C=O) groups is 1. The van der Waals surface area contributed by atoms with E-state index in [4.69, 9.17) is 0 Å². The molecule has 0 unspecified atom stereocenters. The lowest BCUT2D eigenvalue weighted by molar-refractivity contribution is 0.102. The normalized spacial score (nSPS) is 11.6. The molecular weight excluding hydrogens is 416 g/mol. The van der Waals surface area contributed by atoms with Crippen LogP contribution in [0.1, 0.15) is 15.9 Å². The maximum atomic E-state index is 12.9. The number of anilines is 1. The number of nitrogens with zero attached hydrogens (tertiary/aromatic N) is 3. The van der Waals surface area contributed by atoms with E-state index >= 15 is 0 Å². The molecule has 1 amide bonds. The van der Waals surface area contributed by atoms with Crippen molar-refractivity contribution in [2.75, 3.05) is 5.32 Å². The second-order valence-electron chi connectivity index (χ2n) is 6.90. The van der Waals surface area contributed by atoms with Crippen LogP contribution in [0.5, 0.6) is 0 Å². The van der Waals surface area contributed by atoms with Gasteiger partial charge in [-0.3, -0.25) is 4.79 Å². The number of benzene rings is 3. The molecule has 4 rings (SSSR count). The number of hydrogen-bond donors (Lipinski definition) is 1. The van der Waals surface area contributed by atoms with E-state index in [2.05, 4.69) is 22.1 Å². The van der Waals surface area contributed by atoms with E-state index < -0.39 is 0 Å². The third-order valence-corrected chi connectivity index (χ3v) is 5.66. The van der Waals surface area contributed by atoms with Gasteiger partial charge in [-0.15, -0.1) is 11.7 Å². The van der Waals surface area contributed by atoms with Crippen molar-refractivity contribution < 1.29 is 4.79 Å². The Bertz CT molecular complexity index is 1290. The maximum Gasteiger partial charge on any atom is 0.256 e. The van der Waals surface area contributed by atoms with E-state index in [1.807, 2.05) is 89.5 Å². The minimum absolute atomic E-state index is 0.172. The molecule has 0 bridgehead atoms. The highest BCUT2D eigenvalue weighted by Gasteiger charge is 2.18. The zero-order valence-electron chi connectivity index (χ0n) is 17.4. The summed E-state index contributed by atoms with van der Waals surface area (Å²) in [5.74, 6) is -0.172. The Morgan fingerprint density at radius 3 is 2.22 bits per heavy atom. The Morgan fingerprint density at radius 1 is 0.938 bits per heavy atom. The Balaban J connectivity index is 1.80. The summed E-state index contributed by atoms with van der Waals surface area (Å²) in [6.07, 6.45) is 3.52. The molecule has 0 saturated carbocycles. The zero-order chi connectivity index (χ0) is 22.2. The number of thiazole rings is 1. The third-order valence-electron chi connectivity index (χ3n) is 4.68. The number of hydrogen-bond acceptors (Lipinski definition) is 4. The lowest BCUT2D eigenvalue weighted by Gasteiger charge is -2.10. The van der Waals surface area contributed by atoms with Crippen molar-refractivity contribution in [1.29, 1.82) is 0 Å². The molecule has 5 nitrogen and oxygen atoms in total. The first kappa shape index (κ1) is 21.2. The van der Waals surface area contributed by atoms with E-state index in [-0.39, 0.29) is 5.91 Å². The molecule has 3 aromatic carbocycles. The van der Waals surface area contributed by atoms with Crippen LogP contribution >= 0.6 is 11.3 Å².